The summed E-state index contributed by atoms with van der Waals surface area (Å²) in [5.74, 6) is -0.862. The van der Waals surface area contributed by atoms with Gasteiger partial charge in [0.2, 0.25) is 0 Å². The average Bonchev–Trinajstić information content (AvgIpc) is 2.75. The van der Waals surface area contributed by atoms with Gasteiger partial charge in [-0.2, -0.15) is 5.26 Å². The lowest BCUT2D eigenvalue weighted by atomic mass is 10.1. The summed E-state index contributed by atoms with van der Waals surface area (Å²) in [5.41, 5.74) is 6.89. The van der Waals surface area contributed by atoms with Crippen molar-refractivity contribution in [3.8, 4) is 6.07 Å². The number of rotatable bonds is 7. The van der Waals surface area contributed by atoms with Gasteiger partial charge in [0.15, 0.2) is 0 Å². The van der Waals surface area contributed by atoms with Crippen LogP contribution in [-0.4, -0.2) is 23.7 Å². The molecule has 0 aliphatic heterocycles. The Bertz CT molecular complexity index is 344. The summed E-state index contributed by atoms with van der Waals surface area (Å²) >= 11 is 0. The standard InChI is InChI=1S/C12H19N3O2/c13-7-2-1-5-11(12(16)17)15-10-6-3-4-9(10)8-14/h11,15H,1-7,13H2,(H,16,17)/t11-/m0/s1. The van der Waals surface area contributed by atoms with Crippen molar-refractivity contribution in [1.82, 2.24) is 5.32 Å². The predicted octanol–water partition coefficient (Wildman–Crippen LogP) is 1.12. The fourth-order valence-corrected chi connectivity index (χ4v) is 1.99. The molecule has 94 valence electrons. The number of nitrogens with one attached hydrogen (secondary N) is 1. The number of hydrogen-bond donors (Lipinski definition) is 3. The van der Waals surface area contributed by atoms with Crippen molar-refractivity contribution in [1.29, 1.82) is 5.26 Å². The quantitative estimate of drug-likeness (QED) is 0.576. The molecule has 0 radical (unpaired) electrons. The predicted molar refractivity (Wildman–Crippen MR) is 64.0 cm³/mol. The van der Waals surface area contributed by atoms with E-state index in [0.717, 1.165) is 37.8 Å². The molecule has 0 saturated carbocycles. The maximum atomic E-state index is 11.1. The van der Waals surface area contributed by atoms with Gasteiger partial charge in [-0.1, -0.05) is 0 Å². The Labute approximate surface area is 101 Å². The lowest BCUT2D eigenvalue weighted by molar-refractivity contribution is -0.139. The summed E-state index contributed by atoms with van der Waals surface area (Å²) in [4.78, 5) is 11.1. The first kappa shape index (κ1) is 13.5. The zero-order valence-electron chi connectivity index (χ0n) is 9.91. The molecule has 1 atom stereocenters. The third-order valence-electron chi connectivity index (χ3n) is 2.95. The van der Waals surface area contributed by atoms with Crippen LogP contribution in [0, 0.1) is 11.3 Å². The Kier molecular flexibility index (Phi) is 5.50. The van der Waals surface area contributed by atoms with Crippen LogP contribution in [0.5, 0.6) is 0 Å². The second kappa shape index (κ2) is 6.92. The Morgan fingerprint density at radius 3 is 2.88 bits per heavy atom. The van der Waals surface area contributed by atoms with Crippen LogP contribution in [0.2, 0.25) is 0 Å². The highest BCUT2D eigenvalue weighted by Gasteiger charge is 2.21. The van der Waals surface area contributed by atoms with Gasteiger partial charge in [0.25, 0.3) is 0 Å². The number of nitriles is 1. The van der Waals surface area contributed by atoms with Crippen LogP contribution in [0.4, 0.5) is 0 Å². The Hall–Kier alpha value is -1.54. The Balaban J connectivity index is 2.55. The number of carboxylic acids is 1. The Morgan fingerprint density at radius 1 is 1.53 bits per heavy atom. The number of carbonyl (C=O) groups is 1. The molecule has 0 spiro atoms. The summed E-state index contributed by atoms with van der Waals surface area (Å²) in [6.45, 7) is 0.582. The number of nitrogens with zero attached hydrogens (tertiary/aromatic N) is 1. The summed E-state index contributed by atoms with van der Waals surface area (Å²) in [5, 5.41) is 21.0. The Morgan fingerprint density at radius 2 is 2.29 bits per heavy atom. The molecule has 0 saturated heterocycles. The minimum Gasteiger partial charge on any atom is -0.480 e. The molecular formula is C12H19N3O2. The van der Waals surface area contributed by atoms with Gasteiger partial charge in [-0.25, -0.2) is 4.79 Å². The van der Waals surface area contributed by atoms with Gasteiger partial charge >= 0.3 is 5.97 Å². The molecule has 4 N–H and O–H groups in total. The summed E-state index contributed by atoms with van der Waals surface area (Å²) < 4.78 is 0. The highest BCUT2D eigenvalue weighted by Crippen LogP contribution is 2.24. The third-order valence-corrected chi connectivity index (χ3v) is 2.95. The molecule has 1 aliphatic carbocycles. The minimum absolute atomic E-state index is 0.550. The SMILES string of the molecule is N#CC1=C(N[C@@H](CCCCN)C(=O)O)CCC1. The molecule has 5 nitrogen and oxygen atoms in total. The van der Waals surface area contributed by atoms with Gasteiger partial charge in [-0.05, 0) is 45.1 Å². The van der Waals surface area contributed by atoms with Gasteiger partial charge in [-0.15, -0.1) is 0 Å². The zero-order chi connectivity index (χ0) is 12.7. The van der Waals surface area contributed by atoms with E-state index < -0.39 is 12.0 Å². The van der Waals surface area contributed by atoms with Crippen molar-refractivity contribution >= 4 is 5.97 Å². The van der Waals surface area contributed by atoms with E-state index in [-0.39, 0.29) is 0 Å². The van der Waals surface area contributed by atoms with Crippen molar-refractivity contribution in [2.75, 3.05) is 6.54 Å². The first-order chi connectivity index (χ1) is 8.19. The molecule has 0 aromatic heterocycles. The van der Waals surface area contributed by atoms with E-state index in [1.807, 2.05) is 0 Å². The second-order valence-electron chi connectivity index (χ2n) is 4.24. The molecule has 0 bridgehead atoms. The molecule has 1 aliphatic rings. The summed E-state index contributed by atoms with van der Waals surface area (Å²) in [6.07, 6.45) is 4.64. The third kappa shape index (κ3) is 4.08. The molecule has 0 fully saturated rings. The summed E-state index contributed by atoms with van der Waals surface area (Å²) in [7, 11) is 0. The minimum atomic E-state index is -0.862. The molecular weight excluding hydrogens is 218 g/mol. The van der Waals surface area contributed by atoms with Gasteiger partial charge in [-0.3, -0.25) is 0 Å². The van der Waals surface area contributed by atoms with E-state index >= 15 is 0 Å². The molecule has 0 aromatic carbocycles. The van der Waals surface area contributed by atoms with Crippen molar-refractivity contribution in [2.45, 2.75) is 44.6 Å². The second-order valence-corrected chi connectivity index (χ2v) is 4.24. The van der Waals surface area contributed by atoms with Crippen LogP contribution in [0.1, 0.15) is 38.5 Å². The van der Waals surface area contributed by atoms with Crippen molar-refractivity contribution in [3.05, 3.63) is 11.3 Å². The summed E-state index contributed by atoms with van der Waals surface area (Å²) in [6, 6.07) is 1.53. The van der Waals surface area contributed by atoms with E-state index in [2.05, 4.69) is 11.4 Å². The zero-order valence-corrected chi connectivity index (χ0v) is 9.91. The van der Waals surface area contributed by atoms with Crippen LogP contribution < -0.4 is 11.1 Å². The number of aliphatic carboxylic acids is 1. The fourth-order valence-electron chi connectivity index (χ4n) is 1.99. The highest BCUT2D eigenvalue weighted by molar-refractivity contribution is 5.73. The van der Waals surface area contributed by atoms with Crippen LogP contribution in [0.15, 0.2) is 11.3 Å². The topological polar surface area (TPSA) is 99.1 Å². The molecule has 5 heteroatoms. The number of hydrogen-bond acceptors (Lipinski definition) is 4. The van der Waals surface area contributed by atoms with E-state index in [4.69, 9.17) is 16.1 Å². The molecule has 0 aromatic rings. The smallest absolute Gasteiger partial charge is 0.326 e. The first-order valence-corrected chi connectivity index (χ1v) is 6.00. The van der Waals surface area contributed by atoms with Crippen LogP contribution >= 0.6 is 0 Å². The van der Waals surface area contributed by atoms with E-state index in [0.29, 0.717) is 18.5 Å². The van der Waals surface area contributed by atoms with Crippen LogP contribution in [0.3, 0.4) is 0 Å². The molecule has 1 rings (SSSR count). The van der Waals surface area contributed by atoms with Crippen molar-refractivity contribution in [2.24, 2.45) is 5.73 Å². The number of carboxylic acid groups (broad SMARTS) is 1. The largest absolute Gasteiger partial charge is 0.480 e. The molecule has 0 heterocycles. The van der Waals surface area contributed by atoms with Crippen LogP contribution in [-0.2, 0) is 4.79 Å². The van der Waals surface area contributed by atoms with E-state index in [1.54, 1.807) is 0 Å². The van der Waals surface area contributed by atoms with Gasteiger partial charge in [0.05, 0.1) is 6.07 Å². The lowest BCUT2D eigenvalue weighted by Gasteiger charge is -2.16. The monoisotopic (exact) mass is 237 g/mol. The number of unbranched alkanes of at least 4 members (excludes halogenated alkanes) is 1. The van der Waals surface area contributed by atoms with Crippen molar-refractivity contribution in [3.63, 3.8) is 0 Å². The maximum Gasteiger partial charge on any atom is 0.326 e. The van der Waals surface area contributed by atoms with Gasteiger partial charge in [0, 0.05) is 11.3 Å². The molecule has 0 unspecified atom stereocenters. The van der Waals surface area contributed by atoms with E-state index in [1.165, 1.54) is 0 Å². The van der Waals surface area contributed by atoms with Crippen LogP contribution in [0.25, 0.3) is 0 Å². The first-order valence-electron chi connectivity index (χ1n) is 6.00. The lowest BCUT2D eigenvalue weighted by Crippen LogP contribution is -2.36. The van der Waals surface area contributed by atoms with Gasteiger partial charge in [0.1, 0.15) is 6.04 Å². The fraction of sp³-hybridized carbons (Fsp3) is 0.667. The van der Waals surface area contributed by atoms with Crippen molar-refractivity contribution < 1.29 is 9.90 Å². The number of nitrogens with two attached hydrogens (primary N) is 1. The number of allylic oxidation sites excluding steroid dienone is 2. The average molecular weight is 237 g/mol. The highest BCUT2D eigenvalue weighted by atomic mass is 16.4. The van der Waals surface area contributed by atoms with E-state index in [9.17, 15) is 4.79 Å². The normalized spacial score (nSPS) is 16.7. The molecule has 17 heavy (non-hydrogen) atoms. The molecule has 0 amide bonds. The maximum absolute atomic E-state index is 11.1. The van der Waals surface area contributed by atoms with Gasteiger partial charge < -0.3 is 16.2 Å².